The fraction of sp³-hybridized carbons (Fsp3) is 0.360. The first-order chi connectivity index (χ1) is 17.7. The molecule has 0 unspecified atom stereocenters. The highest BCUT2D eigenvalue weighted by atomic mass is 35.5. The minimum absolute atomic E-state index is 0.388. The quantitative estimate of drug-likeness (QED) is 0.362. The van der Waals surface area contributed by atoms with E-state index in [0.29, 0.717) is 55.9 Å². The average Bonchev–Trinajstić information content (AvgIpc) is 2.94. The van der Waals surface area contributed by atoms with Gasteiger partial charge in [-0.1, -0.05) is 35.9 Å². The molecule has 5 rings (SSSR count). The van der Waals surface area contributed by atoms with Gasteiger partial charge in [0.25, 0.3) is 0 Å². The molecule has 10 nitrogen and oxygen atoms in total. The maximum atomic E-state index is 5.95. The Morgan fingerprint density at radius 1 is 0.889 bits per heavy atom. The van der Waals surface area contributed by atoms with Crippen molar-refractivity contribution in [2.24, 2.45) is 5.10 Å². The van der Waals surface area contributed by atoms with Crippen LogP contribution in [0, 0.1) is 0 Å². The van der Waals surface area contributed by atoms with Crippen molar-refractivity contribution >= 4 is 35.7 Å². The molecule has 2 aliphatic heterocycles. The molecule has 3 aromatic rings. The number of nitrogens with one attached hydrogen (secondary N) is 1. The highest BCUT2D eigenvalue weighted by Gasteiger charge is 2.20. The number of aromatic nitrogens is 3. The summed E-state index contributed by atoms with van der Waals surface area (Å²) in [5, 5.41) is 5.07. The lowest BCUT2D eigenvalue weighted by molar-refractivity contribution is 0.121. The lowest BCUT2D eigenvalue weighted by Crippen LogP contribution is -2.40. The Morgan fingerprint density at radius 3 is 2.17 bits per heavy atom. The van der Waals surface area contributed by atoms with Crippen LogP contribution < -0.4 is 20.0 Å². The largest absolute Gasteiger partial charge is 0.489 e. The van der Waals surface area contributed by atoms with Crippen LogP contribution in [0.1, 0.15) is 11.1 Å². The van der Waals surface area contributed by atoms with E-state index in [9.17, 15) is 0 Å². The molecular formula is C25H28ClN7O3. The predicted octanol–water partition coefficient (Wildman–Crippen LogP) is 3.22. The molecule has 0 amide bonds. The molecule has 2 aliphatic rings. The molecule has 1 N–H and O–H groups in total. The van der Waals surface area contributed by atoms with Crippen molar-refractivity contribution < 1.29 is 14.2 Å². The van der Waals surface area contributed by atoms with Gasteiger partial charge in [-0.15, -0.1) is 0 Å². The summed E-state index contributed by atoms with van der Waals surface area (Å²) in [6.45, 7) is 5.99. The Labute approximate surface area is 214 Å². The number of hydrazone groups is 1. The monoisotopic (exact) mass is 509 g/mol. The second-order valence-electron chi connectivity index (χ2n) is 8.32. The molecule has 2 fully saturated rings. The summed E-state index contributed by atoms with van der Waals surface area (Å²) in [6.07, 6.45) is 1.71. The first-order valence-electron chi connectivity index (χ1n) is 11.9. The Bertz CT molecular complexity index is 1130. The van der Waals surface area contributed by atoms with E-state index in [2.05, 4.69) is 30.3 Å². The number of ether oxygens (including phenoxy) is 3. The Morgan fingerprint density at radius 2 is 1.53 bits per heavy atom. The Hall–Kier alpha value is -3.47. The van der Waals surface area contributed by atoms with Crippen LogP contribution in [0.3, 0.4) is 0 Å². The van der Waals surface area contributed by atoms with Crippen LogP contribution in [0.15, 0.2) is 53.6 Å². The first kappa shape index (κ1) is 24.2. The summed E-state index contributed by atoms with van der Waals surface area (Å²) in [7, 11) is 0. The van der Waals surface area contributed by atoms with Gasteiger partial charge in [-0.3, -0.25) is 0 Å². The van der Waals surface area contributed by atoms with Crippen molar-refractivity contribution in [2.75, 3.05) is 67.8 Å². The van der Waals surface area contributed by atoms with Crippen molar-refractivity contribution in [3.05, 3.63) is 64.7 Å². The maximum absolute atomic E-state index is 5.95. The zero-order valence-corrected chi connectivity index (χ0v) is 20.6. The molecular weight excluding hydrogens is 482 g/mol. The topological polar surface area (TPSA) is 97.2 Å². The van der Waals surface area contributed by atoms with Gasteiger partial charge in [0, 0.05) is 31.2 Å². The van der Waals surface area contributed by atoms with E-state index in [4.69, 9.17) is 30.8 Å². The lowest BCUT2D eigenvalue weighted by atomic mass is 10.2. The van der Waals surface area contributed by atoms with Gasteiger partial charge in [0.1, 0.15) is 12.4 Å². The average molecular weight is 510 g/mol. The van der Waals surface area contributed by atoms with Crippen molar-refractivity contribution in [2.45, 2.75) is 6.61 Å². The SMILES string of the molecule is Clc1ccc(COc2cccc(/C=N/Nc3nc(N4CCOCC4)nc(N4CCOCC4)n3)c2)cc1. The second kappa shape index (κ2) is 12.0. The van der Waals surface area contributed by atoms with Gasteiger partial charge in [-0.2, -0.15) is 20.1 Å². The highest BCUT2D eigenvalue weighted by Crippen LogP contribution is 2.19. The third-order valence-electron chi connectivity index (χ3n) is 5.75. The van der Waals surface area contributed by atoms with Crippen molar-refractivity contribution in [1.82, 2.24) is 15.0 Å². The fourth-order valence-electron chi connectivity index (χ4n) is 3.81. The van der Waals surface area contributed by atoms with Gasteiger partial charge >= 0.3 is 0 Å². The van der Waals surface area contributed by atoms with Gasteiger partial charge in [0.15, 0.2) is 0 Å². The van der Waals surface area contributed by atoms with Crippen molar-refractivity contribution in [3.8, 4) is 5.75 Å². The summed E-state index contributed by atoms with van der Waals surface area (Å²) >= 11 is 5.95. The van der Waals surface area contributed by atoms with Crippen LogP contribution in [-0.4, -0.2) is 73.8 Å². The number of hydrogen-bond donors (Lipinski definition) is 1. The van der Waals surface area contributed by atoms with Crippen LogP contribution >= 0.6 is 11.6 Å². The summed E-state index contributed by atoms with van der Waals surface area (Å²) in [5.74, 6) is 2.37. The smallest absolute Gasteiger partial charge is 0.250 e. The number of anilines is 3. The standard InChI is InChI=1S/C25H28ClN7O3/c26-21-6-4-19(5-7-21)18-36-22-3-1-2-20(16-22)17-27-31-23-28-24(32-8-12-34-13-9-32)30-25(29-23)33-10-14-35-15-11-33/h1-7,16-17H,8-15,18H2,(H,28,29,30,31)/b27-17+. The molecule has 3 heterocycles. The molecule has 0 aliphatic carbocycles. The minimum atomic E-state index is 0.388. The number of benzene rings is 2. The van der Waals surface area contributed by atoms with Crippen LogP contribution in [-0.2, 0) is 16.1 Å². The second-order valence-corrected chi connectivity index (χ2v) is 8.75. The minimum Gasteiger partial charge on any atom is -0.489 e. The normalized spacial score (nSPS) is 16.4. The van der Waals surface area contributed by atoms with Gasteiger partial charge in [0.05, 0.1) is 32.6 Å². The third kappa shape index (κ3) is 6.60. The summed E-state index contributed by atoms with van der Waals surface area (Å²) in [4.78, 5) is 18.1. The van der Waals surface area contributed by atoms with Crippen LogP contribution in [0.5, 0.6) is 5.75 Å². The summed E-state index contributed by atoms with van der Waals surface area (Å²) < 4.78 is 16.9. The fourth-order valence-corrected chi connectivity index (χ4v) is 3.94. The first-order valence-corrected chi connectivity index (χ1v) is 12.3. The number of rotatable bonds is 8. The summed E-state index contributed by atoms with van der Waals surface area (Å²) in [6, 6.07) is 15.3. The zero-order valence-electron chi connectivity index (χ0n) is 19.8. The Balaban J connectivity index is 1.26. The van der Waals surface area contributed by atoms with E-state index >= 15 is 0 Å². The predicted molar refractivity (Wildman–Crippen MR) is 139 cm³/mol. The van der Waals surface area contributed by atoms with Gasteiger partial charge in [-0.25, -0.2) is 5.43 Å². The third-order valence-corrected chi connectivity index (χ3v) is 6.01. The number of hydrogen-bond acceptors (Lipinski definition) is 10. The summed E-state index contributed by atoms with van der Waals surface area (Å²) in [5.41, 5.74) is 4.90. The maximum Gasteiger partial charge on any atom is 0.250 e. The number of morpholine rings is 2. The van der Waals surface area contributed by atoms with E-state index in [1.807, 2.05) is 48.5 Å². The van der Waals surface area contributed by atoms with E-state index in [-0.39, 0.29) is 0 Å². The molecule has 2 aromatic carbocycles. The molecule has 1 aromatic heterocycles. The van der Waals surface area contributed by atoms with Crippen LogP contribution in [0.2, 0.25) is 5.02 Å². The van der Waals surface area contributed by atoms with E-state index in [1.54, 1.807) is 6.21 Å². The van der Waals surface area contributed by atoms with E-state index in [1.165, 1.54) is 0 Å². The molecule has 11 heteroatoms. The van der Waals surface area contributed by atoms with Gasteiger partial charge < -0.3 is 24.0 Å². The number of nitrogens with zero attached hydrogens (tertiary/aromatic N) is 6. The molecule has 36 heavy (non-hydrogen) atoms. The highest BCUT2D eigenvalue weighted by molar-refractivity contribution is 6.30. The molecule has 0 radical (unpaired) electrons. The molecule has 0 saturated carbocycles. The molecule has 2 saturated heterocycles. The number of halogens is 1. The van der Waals surface area contributed by atoms with Gasteiger partial charge in [0.2, 0.25) is 17.8 Å². The van der Waals surface area contributed by atoms with Crippen molar-refractivity contribution in [1.29, 1.82) is 0 Å². The Kier molecular flexibility index (Phi) is 8.06. The van der Waals surface area contributed by atoms with Crippen molar-refractivity contribution in [3.63, 3.8) is 0 Å². The molecule has 0 atom stereocenters. The van der Waals surface area contributed by atoms with E-state index < -0.39 is 0 Å². The lowest BCUT2D eigenvalue weighted by Gasteiger charge is -2.30. The molecule has 0 bridgehead atoms. The van der Waals surface area contributed by atoms with E-state index in [0.717, 1.165) is 43.1 Å². The zero-order chi connectivity index (χ0) is 24.6. The van der Waals surface area contributed by atoms with Gasteiger partial charge in [-0.05, 0) is 35.4 Å². The van der Waals surface area contributed by atoms with Crippen LogP contribution in [0.25, 0.3) is 0 Å². The van der Waals surface area contributed by atoms with Crippen LogP contribution in [0.4, 0.5) is 17.8 Å². The molecule has 188 valence electrons. The molecule has 0 spiro atoms.